The molecule has 9 heteroatoms. The molecule has 0 saturated carbocycles. The minimum atomic E-state index is -0.131. The Labute approximate surface area is 172 Å². The Balaban J connectivity index is 1.50. The van der Waals surface area contributed by atoms with Crippen molar-refractivity contribution in [1.29, 1.82) is 0 Å². The molecule has 0 aliphatic rings. The number of nitrogens with two attached hydrogens (primary N) is 1. The number of rotatable bonds is 7. The fourth-order valence-corrected chi connectivity index (χ4v) is 2.98. The van der Waals surface area contributed by atoms with E-state index in [9.17, 15) is 4.79 Å². The highest BCUT2D eigenvalue weighted by Crippen LogP contribution is 2.28. The summed E-state index contributed by atoms with van der Waals surface area (Å²) in [4.78, 5) is 21.7. The molecule has 0 aliphatic carbocycles. The summed E-state index contributed by atoms with van der Waals surface area (Å²) in [7, 11) is 1.72. The van der Waals surface area contributed by atoms with E-state index in [0.717, 1.165) is 22.4 Å². The summed E-state index contributed by atoms with van der Waals surface area (Å²) in [6.45, 7) is 0.397. The molecule has 0 saturated heterocycles. The zero-order chi connectivity index (χ0) is 20.9. The molecule has 2 aromatic heterocycles. The summed E-state index contributed by atoms with van der Waals surface area (Å²) >= 11 is 0. The molecule has 0 radical (unpaired) electrons. The summed E-state index contributed by atoms with van der Waals surface area (Å²) in [5.74, 6) is 0.994. The average Bonchev–Trinajstić information content (AvgIpc) is 3.46. The van der Waals surface area contributed by atoms with Gasteiger partial charge >= 0.3 is 0 Å². The Bertz CT molecular complexity index is 1120. The lowest BCUT2D eigenvalue weighted by Crippen LogP contribution is -2.32. The third kappa shape index (κ3) is 4.20. The predicted molar refractivity (Wildman–Crippen MR) is 110 cm³/mol. The van der Waals surface area contributed by atoms with Crippen LogP contribution in [0.1, 0.15) is 5.56 Å². The van der Waals surface area contributed by atoms with Gasteiger partial charge in [-0.1, -0.05) is 29.4 Å². The normalized spacial score (nSPS) is 10.7. The lowest BCUT2D eigenvalue weighted by molar-refractivity contribution is -0.128. The largest absolute Gasteiger partial charge is 0.423 e. The van der Waals surface area contributed by atoms with E-state index < -0.39 is 0 Å². The number of nitrogens with zero attached hydrogens (tertiary/aromatic N) is 4. The van der Waals surface area contributed by atoms with Crippen molar-refractivity contribution >= 4 is 17.6 Å². The average molecular weight is 404 g/mol. The Morgan fingerprint density at radius 2 is 1.93 bits per heavy atom. The zero-order valence-corrected chi connectivity index (χ0v) is 16.3. The molecule has 2 aromatic carbocycles. The van der Waals surface area contributed by atoms with Crippen molar-refractivity contribution in [2.75, 3.05) is 18.9 Å². The van der Waals surface area contributed by atoms with Crippen LogP contribution in [-0.2, 0) is 11.3 Å². The minimum Gasteiger partial charge on any atom is -0.423 e. The molecule has 4 rings (SSSR count). The van der Waals surface area contributed by atoms with Gasteiger partial charge in [-0.3, -0.25) is 4.79 Å². The molecule has 3 N–H and O–H groups in total. The number of benzene rings is 2. The van der Waals surface area contributed by atoms with E-state index in [0.29, 0.717) is 24.1 Å². The van der Waals surface area contributed by atoms with Gasteiger partial charge in [0.2, 0.25) is 18.1 Å². The number of hydrogen-bond donors (Lipinski definition) is 2. The molecule has 30 heavy (non-hydrogen) atoms. The van der Waals surface area contributed by atoms with Crippen LogP contribution >= 0.6 is 0 Å². The molecule has 0 fully saturated rings. The first-order chi connectivity index (χ1) is 14.6. The number of carbonyl (C=O) groups excluding carboxylic acids is 1. The molecular formula is C21H20N6O3. The van der Waals surface area contributed by atoms with E-state index in [2.05, 4.69) is 20.4 Å². The highest BCUT2D eigenvalue weighted by molar-refractivity contribution is 5.78. The number of likely N-dealkylation sites (N-methyl/N-ethyl adjacent to an activating group) is 1. The first-order valence-electron chi connectivity index (χ1n) is 9.26. The van der Waals surface area contributed by atoms with Gasteiger partial charge in [0, 0.05) is 30.4 Å². The van der Waals surface area contributed by atoms with Gasteiger partial charge in [-0.15, -0.1) is 0 Å². The number of hydrogen-bond acceptors (Lipinski definition) is 8. The number of oxazole rings is 1. The quantitative estimate of drug-likeness (QED) is 0.482. The molecular weight excluding hydrogens is 384 g/mol. The monoisotopic (exact) mass is 404 g/mol. The van der Waals surface area contributed by atoms with Crippen LogP contribution in [0.15, 0.2) is 70.1 Å². The highest BCUT2D eigenvalue weighted by atomic mass is 16.5. The third-order valence-electron chi connectivity index (χ3n) is 4.55. The van der Waals surface area contributed by atoms with Gasteiger partial charge in [0.25, 0.3) is 6.01 Å². The van der Waals surface area contributed by atoms with Gasteiger partial charge in [0.15, 0.2) is 5.76 Å². The smallest absolute Gasteiger partial charge is 0.299 e. The van der Waals surface area contributed by atoms with E-state index in [4.69, 9.17) is 14.7 Å². The van der Waals surface area contributed by atoms with Crippen molar-refractivity contribution in [3.8, 4) is 22.7 Å². The summed E-state index contributed by atoms with van der Waals surface area (Å²) in [6, 6.07) is 15.6. The molecule has 0 bridgehead atoms. The van der Waals surface area contributed by atoms with Gasteiger partial charge in [-0.25, -0.2) is 4.98 Å². The van der Waals surface area contributed by atoms with Gasteiger partial charge in [-0.2, -0.15) is 4.98 Å². The number of carbonyl (C=O) groups is 1. The zero-order valence-electron chi connectivity index (χ0n) is 16.3. The van der Waals surface area contributed by atoms with Crippen LogP contribution in [0.3, 0.4) is 0 Å². The maximum atomic E-state index is 11.8. The van der Waals surface area contributed by atoms with Crippen LogP contribution in [-0.4, -0.2) is 39.5 Å². The number of amides is 1. The SMILES string of the molecule is CN(Cc1ccccc1-c1cnc(Nc2ccc(-c3ncon3)cc2)o1)C(=O)CN. The van der Waals surface area contributed by atoms with E-state index >= 15 is 0 Å². The molecule has 0 unspecified atom stereocenters. The number of nitrogens with one attached hydrogen (secondary N) is 1. The van der Waals surface area contributed by atoms with Crippen molar-refractivity contribution in [2.45, 2.75) is 6.54 Å². The van der Waals surface area contributed by atoms with E-state index in [1.165, 1.54) is 6.39 Å². The van der Waals surface area contributed by atoms with Gasteiger partial charge in [0.05, 0.1) is 12.7 Å². The van der Waals surface area contributed by atoms with Crippen LogP contribution in [0.5, 0.6) is 0 Å². The fraction of sp³-hybridized carbons (Fsp3) is 0.143. The van der Waals surface area contributed by atoms with Crippen molar-refractivity contribution < 1.29 is 13.7 Å². The van der Waals surface area contributed by atoms with Crippen molar-refractivity contribution in [3.63, 3.8) is 0 Å². The maximum Gasteiger partial charge on any atom is 0.299 e. The first-order valence-corrected chi connectivity index (χ1v) is 9.26. The van der Waals surface area contributed by atoms with Gasteiger partial charge in [-0.05, 0) is 29.8 Å². The van der Waals surface area contributed by atoms with Crippen LogP contribution in [0.25, 0.3) is 22.7 Å². The maximum absolute atomic E-state index is 11.8. The van der Waals surface area contributed by atoms with Crippen LogP contribution in [0.4, 0.5) is 11.7 Å². The Morgan fingerprint density at radius 1 is 1.13 bits per heavy atom. The minimum absolute atomic E-state index is 0.0272. The molecule has 1 amide bonds. The topological polar surface area (TPSA) is 123 Å². The molecule has 9 nitrogen and oxygen atoms in total. The highest BCUT2D eigenvalue weighted by Gasteiger charge is 2.14. The second-order valence-electron chi connectivity index (χ2n) is 6.60. The molecule has 2 heterocycles. The second kappa shape index (κ2) is 8.58. The molecule has 152 valence electrons. The van der Waals surface area contributed by atoms with Crippen LogP contribution < -0.4 is 11.1 Å². The summed E-state index contributed by atoms with van der Waals surface area (Å²) in [6.07, 6.45) is 2.94. The van der Waals surface area contributed by atoms with Gasteiger partial charge < -0.3 is 24.9 Å². The van der Waals surface area contributed by atoms with Crippen LogP contribution in [0, 0.1) is 0 Å². The van der Waals surface area contributed by atoms with E-state index in [1.54, 1.807) is 18.1 Å². The Morgan fingerprint density at radius 3 is 2.67 bits per heavy atom. The van der Waals surface area contributed by atoms with Crippen LogP contribution in [0.2, 0.25) is 0 Å². The summed E-state index contributed by atoms with van der Waals surface area (Å²) in [5.41, 5.74) is 8.89. The summed E-state index contributed by atoms with van der Waals surface area (Å²) < 4.78 is 10.7. The van der Waals surface area contributed by atoms with E-state index in [-0.39, 0.29) is 12.5 Å². The van der Waals surface area contributed by atoms with Crippen molar-refractivity contribution in [1.82, 2.24) is 20.0 Å². The second-order valence-corrected chi connectivity index (χ2v) is 6.60. The molecule has 0 aliphatic heterocycles. The Kier molecular flexibility index (Phi) is 5.53. The van der Waals surface area contributed by atoms with Gasteiger partial charge in [0.1, 0.15) is 0 Å². The standard InChI is InChI=1S/C21H20N6O3/c1-27(19(28)10-22)12-15-4-2-3-5-17(15)18-11-23-21(30-18)25-16-8-6-14(7-9-16)20-24-13-29-26-20/h2-9,11,13H,10,12,22H2,1H3,(H,23,25). The van der Waals surface area contributed by atoms with Crippen molar-refractivity contribution in [3.05, 3.63) is 66.7 Å². The molecule has 4 aromatic rings. The lowest BCUT2D eigenvalue weighted by Gasteiger charge is -2.17. The Hall–Kier alpha value is -3.98. The number of aromatic nitrogens is 3. The predicted octanol–water partition coefficient (Wildman–Crippen LogP) is 3.05. The first kappa shape index (κ1) is 19.3. The third-order valence-corrected chi connectivity index (χ3v) is 4.55. The van der Waals surface area contributed by atoms with Crippen molar-refractivity contribution in [2.24, 2.45) is 5.73 Å². The van der Waals surface area contributed by atoms with E-state index in [1.807, 2.05) is 48.5 Å². The molecule has 0 spiro atoms. The lowest BCUT2D eigenvalue weighted by atomic mass is 10.1. The fourth-order valence-electron chi connectivity index (χ4n) is 2.98. The molecule has 0 atom stereocenters. The summed E-state index contributed by atoms with van der Waals surface area (Å²) in [5, 5.41) is 6.94. The number of anilines is 2.